The van der Waals surface area contributed by atoms with Gasteiger partial charge in [0.1, 0.15) is 11.9 Å². The smallest absolute Gasteiger partial charge is 0.144 e. The topological polar surface area (TPSA) is 68.9 Å². The number of hydrogen-bond donors (Lipinski definition) is 2. The van der Waals surface area contributed by atoms with Gasteiger partial charge in [0.15, 0.2) is 0 Å². The average Bonchev–Trinajstić information content (AvgIpc) is 2.41. The van der Waals surface area contributed by atoms with Crippen LogP contribution in [0.5, 0.6) is 0 Å². The fourth-order valence-electron chi connectivity index (χ4n) is 1.88. The summed E-state index contributed by atoms with van der Waals surface area (Å²) in [4.78, 5) is 4.20. The molecule has 0 atom stereocenters. The Bertz CT molecular complexity index is 425. The first-order chi connectivity index (χ1) is 8.62. The number of aryl methyl sites for hydroxylation is 1. The minimum absolute atomic E-state index is 0.140. The maximum absolute atomic E-state index is 9.51. The van der Waals surface area contributed by atoms with Gasteiger partial charge in [0, 0.05) is 18.2 Å². The molecule has 4 nitrogen and oxygen atoms in total. The zero-order chi connectivity index (χ0) is 13.6. The van der Waals surface area contributed by atoms with Crippen molar-refractivity contribution < 1.29 is 5.11 Å². The van der Waals surface area contributed by atoms with E-state index in [1.807, 2.05) is 13.0 Å². The Hall–Kier alpha value is -1.60. The standard InChI is InChI=1S/C14H21N3O/c1-4-14(5-2,10-18)9-17-13-12(8-15)11(3)6-7-16-13/h6-7,18H,4-5,9-10H2,1-3H3,(H,16,17). The predicted octanol–water partition coefficient (Wildman–Crippen LogP) is 2.47. The second-order valence-electron chi connectivity index (χ2n) is 4.68. The van der Waals surface area contributed by atoms with Crippen molar-refractivity contribution in [3.05, 3.63) is 23.4 Å². The first-order valence-corrected chi connectivity index (χ1v) is 6.33. The molecule has 0 aliphatic heterocycles. The number of anilines is 1. The van der Waals surface area contributed by atoms with E-state index in [4.69, 9.17) is 5.26 Å². The van der Waals surface area contributed by atoms with Crippen molar-refractivity contribution >= 4 is 5.82 Å². The minimum atomic E-state index is -0.141. The SMILES string of the molecule is CCC(CC)(CO)CNc1nccc(C)c1C#N. The highest BCUT2D eigenvalue weighted by Crippen LogP contribution is 2.26. The maximum atomic E-state index is 9.51. The second-order valence-corrected chi connectivity index (χ2v) is 4.68. The quantitative estimate of drug-likeness (QED) is 0.810. The van der Waals surface area contributed by atoms with Crippen molar-refractivity contribution in [3.63, 3.8) is 0 Å². The molecule has 98 valence electrons. The van der Waals surface area contributed by atoms with Crippen molar-refractivity contribution in [2.24, 2.45) is 5.41 Å². The second kappa shape index (κ2) is 6.36. The summed E-state index contributed by atoms with van der Waals surface area (Å²) in [7, 11) is 0. The normalized spacial score (nSPS) is 11.1. The largest absolute Gasteiger partial charge is 0.396 e. The first kappa shape index (κ1) is 14.5. The zero-order valence-electron chi connectivity index (χ0n) is 11.3. The summed E-state index contributed by atoms with van der Waals surface area (Å²) in [5.41, 5.74) is 1.35. The molecule has 0 aromatic carbocycles. The average molecular weight is 247 g/mol. The van der Waals surface area contributed by atoms with Crippen LogP contribution in [0.15, 0.2) is 12.3 Å². The summed E-state index contributed by atoms with van der Waals surface area (Å²) >= 11 is 0. The third-order valence-electron chi connectivity index (χ3n) is 3.74. The number of aliphatic hydroxyl groups is 1. The van der Waals surface area contributed by atoms with E-state index in [1.54, 1.807) is 6.20 Å². The van der Waals surface area contributed by atoms with E-state index >= 15 is 0 Å². The zero-order valence-corrected chi connectivity index (χ0v) is 11.3. The Morgan fingerprint density at radius 2 is 2.11 bits per heavy atom. The van der Waals surface area contributed by atoms with Gasteiger partial charge in [0.2, 0.25) is 0 Å². The molecule has 1 heterocycles. The van der Waals surface area contributed by atoms with Gasteiger partial charge in [-0.2, -0.15) is 5.26 Å². The molecule has 0 saturated carbocycles. The van der Waals surface area contributed by atoms with E-state index < -0.39 is 0 Å². The van der Waals surface area contributed by atoms with Gasteiger partial charge in [-0.15, -0.1) is 0 Å². The first-order valence-electron chi connectivity index (χ1n) is 6.33. The van der Waals surface area contributed by atoms with Crippen LogP contribution >= 0.6 is 0 Å². The Morgan fingerprint density at radius 3 is 2.61 bits per heavy atom. The number of hydrogen-bond acceptors (Lipinski definition) is 4. The van der Waals surface area contributed by atoms with E-state index in [-0.39, 0.29) is 12.0 Å². The summed E-state index contributed by atoms with van der Waals surface area (Å²) < 4.78 is 0. The Kier molecular flexibility index (Phi) is 5.11. The van der Waals surface area contributed by atoms with Crippen LogP contribution in [0.2, 0.25) is 0 Å². The highest BCUT2D eigenvalue weighted by Gasteiger charge is 2.25. The number of nitriles is 1. The molecule has 0 spiro atoms. The van der Waals surface area contributed by atoms with Crippen LogP contribution in [-0.4, -0.2) is 23.2 Å². The number of aromatic nitrogens is 1. The molecule has 2 N–H and O–H groups in total. The van der Waals surface area contributed by atoms with Crippen LogP contribution < -0.4 is 5.32 Å². The molecule has 0 bridgehead atoms. The van der Waals surface area contributed by atoms with E-state index in [1.165, 1.54) is 0 Å². The van der Waals surface area contributed by atoms with Gasteiger partial charge in [-0.1, -0.05) is 13.8 Å². The highest BCUT2D eigenvalue weighted by molar-refractivity contribution is 5.55. The lowest BCUT2D eigenvalue weighted by Gasteiger charge is -2.29. The van der Waals surface area contributed by atoms with Crippen LogP contribution in [-0.2, 0) is 0 Å². The number of nitrogens with one attached hydrogen (secondary N) is 1. The molecule has 4 heteroatoms. The fraction of sp³-hybridized carbons (Fsp3) is 0.571. The van der Waals surface area contributed by atoms with Crippen LogP contribution in [0.25, 0.3) is 0 Å². The Morgan fingerprint density at radius 1 is 1.44 bits per heavy atom. The number of pyridine rings is 1. The number of rotatable bonds is 6. The molecule has 1 rings (SSSR count). The van der Waals surface area contributed by atoms with Gasteiger partial charge in [0.25, 0.3) is 0 Å². The van der Waals surface area contributed by atoms with Crippen LogP contribution in [0.4, 0.5) is 5.82 Å². The highest BCUT2D eigenvalue weighted by atomic mass is 16.3. The number of aliphatic hydroxyl groups excluding tert-OH is 1. The summed E-state index contributed by atoms with van der Waals surface area (Å²) in [5, 5.41) is 21.8. The molecular weight excluding hydrogens is 226 g/mol. The van der Waals surface area contributed by atoms with Gasteiger partial charge in [-0.05, 0) is 31.4 Å². The molecule has 1 aromatic heterocycles. The van der Waals surface area contributed by atoms with Crippen molar-refractivity contribution in [3.8, 4) is 6.07 Å². The van der Waals surface area contributed by atoms with Crippen LogP contribution in [0, 0.1) is 23.7 Å². The summed E-state index contributed by atoms with van der Waals surface area (Å²) in [5.74, 6) is 0.609. The molecule has 0 fully saturated rings. The minimum Gasteiger partial charge on any atom is -0.396 e. The molecule has 18 heavy (non-hydrogen) atoms. The number of nitrogens with zero attached hydrogens (tertiary/aromatic N) is 2. The van der Waals surface area contributed by atoms with E-state index in [0.717, 1.165) is 18.4 Å². The van der Waals surface area contributed by atoms with Crippen molar-refractivity contribution in [2.75, 3.05) is 18.5 Å². The van der Waals surface area contributed by atoms with Crippen molar-refractivity contribution in [1.82, 2.24) is 4.98 Å². The van der Waals surface area contributed by atoms with E-state index in [0.29, 0.717) is 17.9 Å². The molecule has 1 aromatic rings. The molecule has 0 aliphatic rings. The molecule has 0 aliphatic carbocycles. The van der Waals surface area contributed by atoms with E-state index in [2.05, 4.69) is 30.2 Å². The van der Waals surface area contributed by atoms with Crippen molar-refractivity contribution in [1.29, 1.82) is 5.26 Å². The van der Waals surface area contributed by atoms with Crippen LogP contribution in [0.3, 0.4) is 0 Å². The third-order valence-corrected chi connectivity index (χ3v) is 3.74. The monoisotopic (exact) mass is 247 g/mol. The predicted molar refractivity (Wildman–Crippen MR) is 72.3 cm³/mol. The lowest BCUT2D eigenvalue weighted by Crippen LogP contribution is -2.32. The molecule has 0 unspecified atom stereocenters. The van der Waals surface area contributed by atoms with E-state index in [9.17, 15) is 5.11 Å². The van der Waals surface area contributed by atoms with Crippen molar-refractivity contribution in [2.45, 2.75) is 33.6 Å². The lowest BCUT2D eigenvalue weighted by molar-refractivity contribution is 0.127. The fourth-order valence-corrected chi connectivity index (χ4v) is 1.88. The van der Waals surface area contributed by atoms with Gasteiger partial charge in [-0.25, -0.2) is 4.98 Å². The van der Waals surface area contributed by atoms with Gasteiger partial charge < -0.3 is 10.4 Å². The van der Waals surface area contributed by atoms with Gasteiger partial charge in [-0.3, -0.25) is 0 Å². The Labute approximate surface area is 109 Å². The summed E-state index contributed by atoms with van der Waals surface area (Å²) in [6, 6.07) is 3.99. The molecular formula is C14H21N3O. The van der Waals surface area contributed by atoms with Crippen LogP contribution in [0.1, 0.15) is 37.8 Å². The lowest BCUT2D eigenvalue weighted by atomic mass is 9.83. The molecule has 0 saturated heterocycles. The maximum Gasteiger partial charge on any atom is 0.144 e. The summed E-state index contributed by atoms with van der Waals surface area (Å²) in [6.07, 6.45) is 3.47. The van der Waals surface area contributed by atoms with Gasteiger partial charge >= 0.3 is 0 Å². The third kappa shape index (κ3) is 2.99. The van der Waals surface area contributed by atoms with Gasteiger partial charge in [0.05, 0.1) is 12.2 Å². The summed E-state index contributed by atoms with van der Waals surface area (Å²) in [6.45, 7) is 6.79. The molecule has 0 amide bonds. The Balaban J connectivity index is 2.87. The molecule has 0 radical (unpaired) electrons.